The highest BCUT2D eigenvalue weighted by atomic mass is 16.4. The van der Waals surface area contributed by atoms with Crippen molar-refractivity contribution in [2.24, 2.45) is 11.5 Å². The monoisotopic (exact) mass is 160 g/mol. The molecule has 4 heteroatoms. The van der Waals surface area contributed by atoms with Crippen LogP contribution < -0.4 is 11.5 Å². The molecule has 0 spiro atoms. The molecular formula is C7H16N2O2. The normalized spacial score (nSPS) is 15.9. The second-order valence-electron chi connectivity index (χ2n) is 2.77. The van der Waals surface area contributed by atoms with Crippen LogP contribution in [0.25, 0.3) is 0 Å². The van der Waals surface area contributed by atoms with Gasteiger partial charge in [0.25, 0.3) is 0 Å². The van der Waals surface area contributed by atoms with Crippen LogP contribution in [0.3, 0.4) is 0 Å². The molecule has 0 aliphatic rings. The third kappa shape index (κ3) is 2.86. The summed E-state index contributed by atoms with van der Waals surface area (Å²) in [4.78, 5) is 10.6. The highest BCUT2D eigenvalue weighted by molar-refractivity contribution is 5.78. The van der Waals surface area contributed by atoms with Gasteiger partial charge in [0, 0.05) is 6.54 Å². The van der Waals surface area contributed by atoms with Gasteiger partial charge in [0.1, 0.15) is 5.54 Å². The minimum atomic E-state index is -1.21. The molecule has 0 aliphatic carbocycles. The molecule has 1 atom stereocenters. The van der Waals surface area contributed by atoms with Crippen LogP contribution >= 0.6 is 0 Å². The minimum Gasteiger partial charge on any atom is -0.480 e. The first-order valence-electron chi connectivity index (χ1n) is 3.79. The summed E-state index contributed by atoms with van der Waals surface area (Å²) >= 11 is 0. The number of carboxylic acids is 1. The maximum atomic E-state index is 10.6. The molecule has 11 heavy (non-hydrogen) atoms. The lowest BCUT2D eigenvalue weighted by molar-refractivity contribution is -0.143. The van der Waals surface area contributed by atoms with E-state index in [1.54, 1.807) is 0 Å². The summed E-state index contributed by atoms with van der Waals surface area (Å²) in [6.45, 7) is 1.99. The van der Waals surface area contributed by atoms with Gasteiger partial charge in [-0.25, -0.2) is 0 Å². The van der Waals surface area contributed by atoms with Gasteiger partial charge in [0.2, 0.25) is 0 Å². The highest BCUT2D eigenvalue weighted by Gasteiger charge is 2.31. The van der Waals surface area contributed by atoms with Crippen LogP contribution in [0.1, 0.15) is 26.2 Å². The number of unbranched alkanes of at least 4 members (excludes halogenated alkanes) is 1. The average Bonchev–Trinajstić information content (AvgIpc) is 2.00. The molecule has 4 nitrogen and oxygen atoms in total. The maximum absolute atomic E-state index is 10.6. The molecule has 0 aromatic rings. The van der Waals surface area contributed by atoms with E-state index in [0.29, 0.717) is 6.42 Å². The topological polar surface area (TPSA) is 89.3 Å². The van der Waals surface area contributed by atoms with Crippen LogP contribution in [0.5, 0.6) is 0 Å². The van der Waals surface area contributed by atoms with Crippen molar-refractivity contribution in [2.45, 2.75) is 31.7 Å². The number of rotatable bonds is 5. The van der Waals surface area contributed by atoms with Gasteiger partial charge in [0.05, 0.1) is 0 Å². The fourth-order valence-electron chi connectivity index (χ4n) is 0.789. The van der Waals surface area contributed by atoms with E-state index in [0.717, 1.165) is 12.8 Å². The van der Waals surface area contributed by atoms with Crippen molar-refractivity contribution in [3.05, 3.63) is 0 Å². The second kappa shape index (κ2) is 4.31. The van der Waals surface area contributed by atoms with Crippen LogP contribution in [-0.2, 0) is 4.79 Å². The van der Waals surface area contributed by atoms with E-state index in [1.165, 1.54) is 0 Å². The summed E-state index contributed by atoms with van der Waals surface area (Å²) in [6, 6.07) is 0. The van der Waals surface area contributed by atoms with Crippen LogP contribution in [0.4, 0.5) is 0 Å². The lowest BCUT2D eigenvalue weighted by atomic mass is 9.94. The Morgan fingerprint density at radius 1 is 1.64 bits per heavy atom. The van der Waals surface area contributed by atoms with Crippen molar-refractivity contribution in [3.8, 4) is 0 Å². The van der Waals surface area contributed by atoms with Gasteiger partial charge in [0.15, 0.2) is 0 Å². The van der Waals surface area contributed by atoms with E-state index in [9.17, 15) is 4.79 Å². The zero-order valence-electron chi connectivity index (χ0n) is 6.84. The second-order valence-corrected chi connectivity index (χ2v) is 2.77. The van der Waals surface area contributed by atoms with E-state index in [1.807, 2.05) is 6.92 Å². The number of nitrogens with two attached hydrogens (primary N) is 2. The summed E-state index contributed by atoms with van der Waals surface area (Å²) in [5.74, 6) is -1.01. The Hall–Kier alpha value is -0.610. The van der Waals surface area contributed by atoms with E-state index < -0.39 is 11.5 Å². The summed E-state index contributed by atoms with van der Waals surface area (Å²) in [5, 5.41) is 8.65. The number of carbonyl (C=O) groups is 1. The van der Waals surface area contributed by atoms with E-state index in [-0.39, 0.29) is 6.54 Å². The number of hydrogen-bond donors (Lipinski definition) is 3. The first kappa shape index (κ1) is 10.4. The SMILES string of the molecule is CCCCC(N)(CN)C(=O)O. The molecule has 0 fully saturated rings. The molecule has 0 aromatic heterocycles. The van der Waals surface area contributed by atoms with Gasteiger partial charge in [-0.15, -0.1) is 0 Å². The fourth-order valence-corrected chi connectivity index (χ4v) is 0.789. The number of hydrogen-bond acceptors (Lipinski definition) is 3. The van der Waals surface area contributed by atoms with Gasteiger partial charge in [-0.2, -0.15) is 0 Å². The molecule has 5 N–H and O–H groups in total. The Bertz CT molecular complexity index is 138. The smallest absolute Gasteiger partial charge is 0.324 e. The summed E-state index contributed by atoms with van der Waals surface area (Å²) in [7, 11) is 0. The Morgan fingerprint density at radius 3 is 2.45 bits per heavy atom. The van der Waals surface area contributed by atoms with Crippen molar-refractivity contribution in [1.29, 1.82) is 0 Å². The van der Waals surface area contributed by atoms with Crippen molar-refractivity contribution >= 4 is 5.97 Å². The Labute approximate surface area is 66.6 Å². The van der Waals surface area contributed by atoms with Crippen molar-refractivity contribution in [2.75, 3.05) is 6.54 Å². The summed E-state index contributed by atoms with van der Waals surface area (Å²) in [6.07, 6.45) is 2.20. The molecule has 1 unspecified atom stereocenters. The molecule has 0 aliphatic heterocycles. The fraction of sp³-hybridized carbons (Fsp3) is 0.857. The third-order valence-corrected chi connectivity index (χ3v) is 1.77. The average molecular weight is 160 g/mol. The lowest BCUT2D eigenvalue weighted by Gasteiger charge is -2.21. The predicted octanol–water partition coefficient (Wildman–Crippen LogP) is -0.0826. The van der Waals surface area contributed by atoms with Crippen LogP contribution in [0.2, 0.25) is 0 Å². The van der Waals surface area contributed by atoms with Crippen molar-refractivity contribution in [1.82, 2.24) is 0 Å². The van der Waals surface area contributed by atoms with Crippen LogP contribution in [0.15, 0.2) is 0 Å². The maximum Gasteiger partial charge on any atom is 0.324 e. The van der Waals surface area contributed by atoms with Crippen molar-refractivity contribution in [3.63, 3.8) is 0 Å². The molecule has 0 rings (SSSR count). The molecule has 0 aromatic carbocycles. The standard InChI is InChI=1S/C7H16N2O2/c1-2-3-4-7(9,5-8)6(10)11/h2-5,8-9H2,1H3,(H,10,11). The van der Waals surface area contributed by atoms with Gasteiger partial charge in [-0.05, 0) is 6.42 Å². The first-order valence-corrected chi connectivity index (χ1v) is 3.79. The Balaban J connectivity index is 3.99. The largest absolute Gasteiger partial charge is 0.480 e. The lowest BCUT2D eigenvalue weighted by Crippen LogP contribution is -2.53. The van der Waals surface area contributed by atoms with Gasteiger partial charge >= 0.3 is 5.97 Å². The van der Waals surface area contributed by atoms with Gasteiger partial charge < -0.3 is 16.6 Å². The van der Waals surface area contributed by atoms with Crippen molar-refractivity contribution < 1.29 is 9.90 Å². The molecule has 0 heterocycles. The minimum absolute atomic E-state index is 0.00231. The number of aliphatic carboxylic acids is 1. The molecule has 0 bridgehead atoms. The third-order valence-electron chi connectivity index (χ3n) is 1.77. The van der Waals surface area contributed by atoms with E-state index in [2.05, 4.69) is 0 Å². The number of carboxylic acid groups (broad SMARTS) is 1. The quantitative estimate of drug-likeness (QED) is 0.524. The Kier molecular flexibility index (Phi) is 4.07. The van der Waals surface area contributed by atoms with E-state index >= 15 is 0 Å². The zero-order valence-corrected chi connectivity index (χ0v) is 6.84. The molecule has 0 saturated heterocycles. The van der Waals surface area contributed by atoms with E-state index in [4.69, 9.17) is 16.6 Å². The zero-order chi connectivity index (χ0) is 8.91. The molecule has 0 radical (unpaired) electrons. The molecular weight excluding hydrogens is 144 g/mol. The molecule has 0 amide bonds. The first-order chi connectivity index (χ1) is 5.06. The van der Waals surface area contributed by atoms with Crippen LogP contribution in [0, 0.1) is 0 Å². The summed E-state index contributed by atoms with van der Waals surface area (Å²) in [5.41, 5.74) is 9.53. The molecule has 0 saturated carbocycles. The van der Waals surface area contributed by atoms with Gasteiger partial charge in [-0.3, -0.25) is 4.79 Å². The Morgan fingerprint density at radius 2 is 2.18 bits per heavy atom. The van der Waals surface area contributed by atoms with Gasteiger partial charge in [-0.1, -0.05) is 19.8 Å². The molecule has 66 valence electrons. The summed E-state index contributed by atoms with van der Waals surface area (Å²) < 4.78 is 0. The highest BCUT2D eigenvalue weighted by Crippen LogP contribution is 2.09. The predicted molar refractivity (Wildman–Crippen MR) is 43.1 cm³/mol. The van der Waals surface area contributed by atoms with Crippen LogP contribution in [-0.4, -0.2) is 23.2 Å².